The highest BCUT2D eigenvalue weighted by Gasteiger charge is 2.57. The van der Waals surface area contributed by atoms with Gasteiger partial charge in [0.05, 0.1) is 0 Å². The van der Waals surface area contributed by atoms with E-state index < -0.39 is 0 Å². The van der Waals surface area contributed by atoms with Gasteiger partial charge in [-0.25, -0.2) is 0 Å². The van der Waals surface area contributed by atoms with Gasteiger partial charge < -0.3 is 4.74 Å². The van der Waals surface area contributed by atoms with E-state index in [9.17, 15) is 14.4 Å². The second-order valence-corrected chi connectivity index (χ2v) is 9.47. The summed E-state index contributed by atoms with van der Waals surface area (Å²) < 4.78 is 5.00. The fourth-order valence-electron chi connectivity index (χ4n) is 6.66. The van der Waals surface area contributed by atoms with Crippen LogP contribution in [-0.2, 0) is 19.1 Å². The number of fused-ring (bicyclic) bond motifs is 5. The highest BCUT2D eigenvalue weighted by molar-refractivity contribution is 5.92. The third-order valence-electron chi connectivity index (χ3n) is 8.14. The number of allylic oxidation sites excluding steroid dienone is 4. The second-order valence-electron chi connectivity index (χ2n) is 9.47. The van der Waals surface area contributed by atoms with Crippen LogP contribution in [-0.4, -0.2) is 24.1 Å². The van der Waals surface area contributed by atoms with Gasteiger partial charge in [-0.3, -0.25) is 14.4 Å². The number of rotatable bonds is 3. The van der Waals surface area contributed by atoms with Crippen molar-refractivity contribution in [3.05, 3.63) is 23.3 Å². The molecule has 0 aromatic heterocycles. The standard InChI is InChI=1S/C23H30O4/c1-14(24)27-13-21(26)20-7-6-18-17-5-4-15-12-16(25)8-10-22(15,2)19(17)9-11-23(18,20)3/h9,12,17-18,20H,4-8,10-11,13H2,1-3H3/t17?,18?,20?,22-,23-/m0/s1. The molecule has 5 atom stereocenters. The van der Waals surface area contributed by atoms with E-state index in [-0.39, 0.29) is 40.9 Å². The van der Waals surface area contributed by atoms with Crippen molar-refractivity contribution in [1.82, 2.24) is 0 Å². The normalized spacial score (nSPS) is 40.3. The van der Waals surface area contributed by atoms with Gasteiger partial charge in [0.15, 0.2) is 11.6 Å². The van der Waals surface area contributed by atoms with Crippen molar-refractivity contribution < 1.29 is 19.1 Å². The van der Waals surface area contributed by atoms with E-state index in [1.165, 1.54) is 18.1 Å². The molecule has 4 nitrogen and oxygen atoms in total. The molecule has 146 valence electrons. The SMILES string of the molecule is CC(=O)OCC(=O)C1CCC2C3CCC4=CC(=O)CC[C@]4(C)C3=CC[C@]12C. The minimum Gasteiger partial charge on any atom is -0.458 e. The van der Waals surface area contributed by atoms with Gasteiger partial charge in [0.1, 0.15) is 6.61 Å². The van der Waals surface area contributed by atoms with Crippen LogP contribution < -0.4 is 0 Å². The van der Waals surface area contributed by atoms with Crippen LogP contribution in [0.2, 0.25) is 0 Å². The maximum atomic E-state index is 12.8. The molecule has 4 aliphatic carbocycles. The summed E-state index contributed by atoms with van der Waals surface area (Å²) >= 11 is 0. The van der Waals surface area contributed by atoms with E-state index in [1.807, 2.05) is 6.08 Å². The highest BCUT2D eigenvalue weighted by atomic mass is 16.5. The Morgan fingerprint density at radius 3 is 2.70 bits per heavy atom. The number of carbonyl (C=O) groups is 3. The number of Topliss-reactive ketones (excluding diaryl/α,β-unsaturated/α-hetero) is 1. The summed E-state index contributed by atoms with van der Waals surface area (Å²) in [5.74, 6) is 0.986. The molecule has 4 heteroatoms. The zero-order valence-electron chi connectivity index (χ0n) is 16.7. The topological polar surface area (TPSA) is 60.4 Å². The van der Waals surface area contributed by atoms with Gasteiger partial charge in [-0.15, -0.1) is 0 Å². The molecule has 3 unspecified atom stereocenters. The van der Waals surface area contributed by atoms with E-state index in [2.05, 4.69) is 19.9 Å². The molecule has 4 aliphatic rings. The third kappa shape index (κ3) is 2.83. The molecule has 0 bridgehead atoms. The van der Waals surface area contributed by atoms with E-state index in [0.717, 1.165) is 38.5 Å². The zero-order valence-corrected chi connectivity index (χ0v) is 16.7. The summed E-state index contributed by atoms with van der Waals surface area (Å²) in [4.78, 5) is 35.8. The molecule has 0 amide bonds. The number of hydrogen-bond donors (Lipinski definition) is 0. The lowest BCUT2D eigenvalue weighted by molar-refractivity contribution is -0.148. The number of esters is 1. The first-order chi connectivity index (χ1) is 12.8. The van der Waals surface area contributed by atoms with E-state index in [4.69, 9.17) is 4.74 Å². The van der Waals surface area contributed by atoms with E-state index >= 15 is 0 Å². The maximum absolute atomic E-state index is 12.8. The van der Waals surface area contributed by atoms with Crippen molar-refractivity contribution in [2.75, 3.05) is 6.61 Å². The predicted molar refractivity (Wildman–Crippen MR) is 102 cm³/mol. The quantitative estimate of drug-likeness (QED) is 0.552. The number of ether oxygens (including phenoxy) is 1. The first-order valence-electron chi connectivity index (χ1n) is 10.4. The minimum atomic E-state index is -0.389. The Morgan fingerprint density at radius 2 is 1.96 bits per heavy atom. The van der Waals surface area contributed by atoms with Gasteiger partial charge in [0.25, 0.3) is 0 Å². The Kier molecular flexibility index (Phi) is 4.44. The predicted octanol–water partition coefficient (Wildman–Crippen LogP) is 4.19. The van der Waals surface area contributed by atoms with E-state index in [1.54, 1.807) is 0 Å². The van der Waals surface area contributed by atoms with Crippen molar-refractivity contribution in [1.29, 1.82) is 0 Å². The molecule has 0 radical (unpaired) electrons. The monoisotopic (exact) mass is 370 g/mol. The molecule has 0 aliphatic heterocycles. The van der Waals surface area contributed by atoms with Crippen LogP contribution in [0.1, 0.15) is 65.7 Å². The molecule has 4 rings (SSSR count). The fourth-order valence-corrected chi connectivity index (χ4v) is 6.66. The second kappa shape index (κ2) is 6.42. The van der Waals surface area contributed by atoms with Crippen molar-refractivity contribution in [2.24, 2.45) is 28.6 Å². The van der Waals surface area contributed by atoms with Gasteiger partial charge in [-0.1, -0.05) is 31.1 Å². The van der Waals surface area contributed by atoms with Gasteiger partial charge in [-0.2, -0.15) is 0 Å². The molecule has 27 heavy (non-hydrogen) atoms. The molecular weight excluding hydrogens is 340 g/mol. The molecular formula is C23H30O4. The fraction of sp³-hybridized carbons (Fsp3) is 0.696. The first-order valence-corrected chi connectivity index (χ1v) is 10.4. The maximum Gasteiger partial charge on any atom is 0.303 e. The van der Waals surface area contributed by atoms with Gasteiger partial charge in [0.2, 0.25) is 0 Å². The average molecular weight is 370 g/mol. The Hall–Kier alpha value is -1.71. The van der Waals surface area contributed by atoms with Crippen molar-refractivity contribution in [2.45, 2.75) is 65.7 Å². The Balaban J connectivity index is 1.61. The Labute approximate surface area is 161 Å². The van der Waals surface area contributed by atoms with Crippen LogP contribution in [0.3, 0.4) is 0 Å². The minimum absolute atomic E-state index is 0.0164. The summed E-state index contributed by atoms with van der Waals surface area (Å²) in [5.41, 5.74) is 2.86. The van der Waals surface area contributed by atoms with Crippen molar-refractivity contribution >= 4 is 17.5 Å². The van der Waals surface area contributed by atoms with Crippen LogP contribution in [0.25, 0.3) is 0 Å². The van der Waals surface area contributed by atoms with Gasteiger partial charge >= 0.3 is 5.97 Å². The summed E-state index contributed by atoms with van der Waals surface area (Å²) in [6, 6.07) is 0. The van der Waals surface area contributed by atoms with Crippen molar-refractivity contribution in [3.8, 4) is 0 Å². The molecule has 2 fully saturated rings. The average Bonchev–Trinajstić information content (AvgIpc) is 2.97. The third-order valence-corrected chi connectivity index (χ3v) is 8.14. The highest BCUT2D eigenvalue weighted by Crippen LogP contribution is 2.64. The molecule has 0 heterocycles. The number of ketones is 2. The van der Waals surface area contributed by atoms with Crippen LogP contribution in [0, 0.1) is 28.6 Å². The smallest absolute Gasteiger partial charge is 0.303 e. The largest absolute Gasteiger partial charge is 0.458 e. The van der Waals surface area contributed by atoms with Crippen molar-refractivity contribution in [3.63, 3.8) is 0 Å². The summed E-state index contributed by atoms with van der Waals surface area (Å²) in [5, 5.41) is 0. The number of hydrogen-bond acceptors (Lipinski definition) is 4. The summed E-state index contributed by atoms with van der Waals surface area (Å²) in [7, 11) is 0. The molecule has 0 aromatic carbocycles. The number of carbonyl (C=O) groups excluding carboxylic acids is 3. The molecule has 0 aromatic rings. The summed E-state index contributed by atoms with van der Waals surface area (Å²) in [6.45, 7) is 5.86. The van der Waals surface area contributed by atoms with Crippen LogP contribution in [0.4, 0.5) is 0 Å². The molecule has 0 N–H and O–H groups in total. The lowest BCUT2D eigenvalue weighted by atomic mass is 9.51. The van der Waals surface area contributed by atoms with Crippen LogP contribution >= 0.6 is 0 Å². The van der Waals surface area contributed by atoms with Crippen LogP contribution in [0.5, 0.6) is 0 Å². The Bertz CT molecular complexity index is 760. The van der Waals surface area contributed by atoms with Gasteiger partial charge in [-0.05, 0) is 61.9 Å². The van der Waals surface area contributed by atoms with Gasteiger partial charge in [0, 0.05) is 24.7 Å². The van der Waals surface area contributed by atoms with E-state index in [0.29, 0.717) is 18.3 Å². The molecule has 0 spiro atoms. The van der Waals surface area contributed by atoms with Crippen LogP contribution in [0.15, 0.2) is 23.3 Å². The lowest BCUT2D eigenvalue weighted by Gasteiger charge is -2.53. The zero-order chi connectivity index (χ0) is 19.4. The lowest BCUT2D eigenvalue weighted by Crippen LogP contribution is -2.45. The molecule has 0 saturated heterocycles. The first kappa shape index (κ1) is 18.6. The summed E-state index contributed by atoms with van der Waals surface area (Å²) in [6.07, 6.45) is 10.9. The Morgan fingerprint density at radius 1 is 1.19 bits per heavy atom. The molecule has 2 saturated carbocycles.